The molecule has 0 saturated heterocycles. The fraction of sp³-hybridized carbons (Fsp3) is 0.556. The molecule has 1 N–H and O–H groups in total. The molecule has 0 aliphatic rings. The van der Waals surface area contributed by atoms with Crippen LogP contribution in [0.1, 0.15) is 66.0 Å². The van der Waals surface area contributed by atoms with Crippen molar-refractivity contribution in [2.45, 2.75) is 65.7 Å². The van der Waals surface area contributed by atoms with Gasteiger partial charge in [-0.25, -0.2) is 0 Å². The largest absolute Gasteiger partial charge is 0.325 e. The zero-order valence-corrected chi connectivity index (χ0v) is 14.3. The van der Waals surface area contributed by atoms with Crippen molar-refractivity contribution in [1.82, 2.24) is 0 Å². The molecule has 3 nitrogen and oxygen atoms in total. The van der Waals surface area contributed by atoms with Crippen LogP contribution in [0.25, 0.3) is 0 Å². The minimum absolute atomic E-state index is 0.0104. The Kier molecular flexibility index (Phi) is 4.98. The third kappa shape index (κ3) is 5.00. The van der Waals surface area contributed by atoms with Crippen LogP contribution in [0.4, 0.5) is 5.69 Å². The molecule has 1 aromatic carbocycles. The highest BCUT2D eigenvalue weighted by atomic mass is 16.2. The quantitative estimate of drug-likeness (QED) is 0.848. The van der Waals surface area contributed by atoms with Gasteiger partial charge in [0.25, 0.3) is 0 Å². The van der Waals surface area contributed by atoms with Gasteiger partial charge in [-0.2, -0.15) is 0 Å². The van der Waals surface area contributed by atoms with Crippen LogP contribution < -0.4 is 5.32 Å². The van der Waals surface area contributed by atoms with Crippen LogP contribution in [-0.2, 0) is 20.4 Å². The molecule has 0 aliphatic heterocycles. The first kappa shape index (κ1) is 17.4. The van der Waals surface area contributed by atoms with Crippen LogP contribution in [0, 0.1) is 0 Å². The standard InChI is InChI=1S/C18H27NO2/c1-12(20)10-16(21)19-15-11-13(17(2,3)4)8-9-14(15)18(5,6)7/h8-9,11H,10H2,1-7H3,(H,19,21). The van der Waals surface area contributed by atoms with E-state index in [9.17, 15) is 9.59 Å². The van der Waals surface area contributed by atoms with Gasteiger partial charge in [-0.05, 0) is 34.9 Å². The summed E-state index contributed by atoms with van der Waals surface area (Å²) in [6, 6.07) is 6.21. The monoisotopic (exact) mass is 289 g/mol. The normalized spacial score (nSPS) is 12.1. The summed E-state index contributed by atoms with van der Waals surface area (Å²) in [5.74, 6) is -0.379. The Labute approximate surface area is 128 Å². The van der Waals surface area contributed by atoms with Crippen molar-refractivity contribution in [1.29, 1.82) is 0 Å². The Balaban J connectivity index is 3.24. The van der Waals surface area contributed by atoms with E-state index < -0.39 is 0 Å². The van der Waals surface area contributed by atoms with E-state index in [0.717, 1.165) is 16.8 Å². The van der Waals surface area contributed by atoms with Gasteiger partial charge < -0.3 is 5.32 Å². The van der Waals surface area contributed by atoms with Crippen LogP contribution in [0.5, 0.6) is 0 Å². The molecule has 0 fully saturated rings. The lowest BCUT2D eigenvalue weighted by molar-refractivity contribution is -0.124. The molecule has 0 bridgehead atoms. The highest BCUT2D eigenvalue weighted by Crippen LogP contribution is 2.33. The zero-order chi connectivity index (χ0) is 16.4. The van der Waals surface area contributed by atoms with Crippen molar-refractivity contribution in [3.8, 4) is 0 Å². The Hall–Kier alpha value is -1.64. The van der Waals surface area contributed by atoms with Gasteiger partial charge in [0.1, 0.15) is 5.78 Å². The van der Waals surface area contributed by atoms with Crippen molar-refractivity contribution < 1.29 is 9.59 Å². The lowest BCUT2D eigenvalue weighted by Crippen LogP contribution is -2.21. The van der Waals surface area contributed by atoms with Crippen molar-refractivity contribution in [3.63, 3.8) is 0 Å². The summed E-state index contributed by atoms with van der Waals surface area (Å²) in [6.07, 6.45) is -0.0800. The van der Waals surface area contributed by atoms with E-state index >= 15 is 0 Å². The number of anilines is 1. The second-order valence-electron chi connectivity index (χ2n) is 7.69. The van der Waals surface area contributed by atoms with E-state index in [1.807, 2.05) is 6.07 Å². The minimum atomic E-state index is -0.251. The van der Waals surface area contributed by atoms with Gasteiger partial charge in [0, 0.05) is 5.69 Å². The highest BCUT2D eigenvalue weighted by molar-refractivity contribution is 6.03. The van der Waals surface area contributed by atoms with E-state index in [1.165, 1.54) is 6.92 Å². The first-order valence-corrected chi connectivity index (χ1v) is 7.35. The molecule has 0 radical (unpaired) electrons. The number of nitrogens with one attached hydrogen (secondary N) is 1. The fourth-order valence-corrected chi connectivity index (χ4v) is 2.19. The second kappa shape index (κ2) is 6.00. The van der Waals surface area contributed by atoms with Crippen molar-refractivity contribution >= 4 is 17.4 Å². The number of rotatable bonds is 3. The number of carbonyl (C=O) groups is 2. The molecule has 0 spiro atoms. The molecule has 1 rings (SSSR count). The maximum Gasteiger partial charge on any atom is 0.231 e. The molecule has 21 heavy (non-hydrogen) atoms. The molecule has 116 valence electrons. The van der Waals surface area contributed by atoms with E-state index in [1.54, 1.807) is 0 Å². The third-order valence-electron chi connectivity index (χ3n) is 3.38. The third-order valence-corrected chi connectivity index (χ3v) is 3.38. The average Bonchev–Trinajstić information content (AvgIpc) is 2.24. The van der Waals surface area contributed by atoms with Crippen LogP contribution in [0.2, 0.25) is 0 Å². The SMILES string of the molecule is CC(=O)CC(=O)Nc1cc(C(C)(C)C)ccc1C(C)(C)C. The number of benzene rings is 1. The number of ketones is 1. The van der Waals surface area contributed by atoms with Gasteiger partial charge in [-0.3, -0.25) is 9.59 Å². The van der Waals surface area contributed by atoms with Crippen LogP contribution in [0.15, 0.2) is 18.2 Å². The topological polar surface area (TPSA) is 46.2 Å². The summed E-state index contributed by atoms with van der Waals surface area (Å²) in [5, 5.41) is 2.90. The molecule has 0 heterocycles. The van der Waals surface area contributed by atoms with Gasteiger partial charge in [0.15, 0.2) is 0 Å². The lowest BCUT2D eigenvalue weighted by Gasteiger charge is -2.27. The maximum atomic E-state index is 11.9. The molecular formula is C18H27NO2. The Morgan fingerprint density at radius 1 is 1.00 bits per heavy atom. The Morgan fingerprint density at radius 2 is 1.57 bits per heavy atom. The molecular weight excluding hydrogens is 262 g/mol. The van der Waals surface area contributed by atoms with Gasteiger partial charge in [0.05, 0.1) is 6.42 Å². The molecule has 0 unspecified atom stereocenters. The molecule has 1 aromatic rings. The lowest BCUT2D eigenvalue weighted by atomic mass is 9.81. The van der Waals surface area contributed by atoms with Gasteiger partial charge >= 0.3 is 0 Å². The predicted octanol–water partition coefficient (Wildman–Crippen LogP) is 4.20. The highest BCUT2D eigenvalue weighted by Gasteiger charge is 2.22. The number of hydrogen-bond acceptors (Lipinski definition) is 2. The molecule has 0 atom stereocenters. The maximum absolute atomic E-state index is 11.9. The number of amides is 1. The van der Waals surface area contributed by atoms with Crippen molar-refractivity contribution in [3.05, 3.63) is 29.3 Å². The smallest absolute Gasteiger partial charge is 0.231 e. The summed E-state index contributed by atoms with van der Waals surface area (Å²) in [7, 11) is 0. The summed E-state index contributed by atoms with van der Waals surface area (Å²) in [5.41, 5.74) is 2.98. The summed E-state index contributed by atoms with van der Waals surface area (Å²) in [6.45, 7) is 14.2. The van der Waals surface area contributed by atoms with Gasteiger partial charge in [-0.15, -0.1) is 0 Å². The first-order chi connectivity index (χ1) is 9.41. The summed E-state index contributed by atoms with van der Waals surface area (Å²) in [4.78, 5) is 23.0. The van der Waals surface area contributed by atoms with Crippen molar-refractivity contribution in [2.24, 2.45) is 0 Å². The van der Waals surface area contributed by atoms with Crippen LogP contribution >= 0.6 is 0 Å². The number of carbonyl (C=O) groups excluding carboxylic acids is 2. The Morgan fingerprint density at radius 3 is 2.00 bits per heavy atom. The molecule has 0 aliphatic carbocycles. The van der Waals surface area contributed by atoms with Gasteiger partial charge in [0.2, 0.25) is 5.91 Å². The number of Topliss-reactive ketones (excluding diaryl/α,β-unsaturated/α-hetero) is 1. The molecule has 3 heteroatoms. The molecule has 0 aromatic heterocycles. The number of hydrogen-bond donors (Lipinski definition) is 1. The van der Waals surface area contributed by atoms with E-state index in [0.29, 0.717) is 0 Å². The average molecular weight is 289 g/mol. The van der Waals surface area contributed by atoms with Crippen LogP contribution in [0.3, 0.4) is 0 Å². The Bertz CT molecular complexity index is 545. The zero-order valence-electron chi connectivity index (χ0n) is 14.3. The summed E-state index contributed by atoms with van der Waals surface area (Å²) < 4.78 is 0. The van der Waals surface area contributed by atoms with Crippen molar-refractivity contribution in [2.75, 3.05) is 5.32 Å². The van der Waals surface area contributed by atoms with E-state index in [2.05, 4.69) is 59.0 Å². The molecule has 1 amide bonds. The van der Waals surface area contributed by atoms with E-state index in [-0.39, 0.29) is 28.9 Å². The first-order valence-electron chi connectivity index (χ1n) is 7.35. The van der Waals surface area contributed by atoms with E-state index in [4.69, 9.17) is 0 Å². The fourth-order valence-electron chi connectivity index (χ4n) is 2.19. The van der Waals surface area contributed by atoms with Crippen LogP contribution in [-0.4, -0.2) is 11.7 Å². The minimum Gasteiger partial charge on any atom is -0.325 e. The second-order valence-corrected chi connectivity index (χ2v) is 7.69. The van der Waals surface area contributed by atoms with Gasteiger partial charge in [-0.1, -0.05) is 53.7 Å². The summed E-state index contributed by atoms with van der Waals surface area (Å²) >= 11 is 0. The molecule has 0 saturated carbocycles. The predicted molar refractivity (Wildman–Crippen MR) is 87.8 cm³/mol.